The summed E-state index contributed by atoms with van der Waals surface area (Å²) in [7, 11) is 0. The lowest BCUT2D eigenvalue weighted by Crippen LogP contribution is -2.28. The zero-order valence-corrected chi connectivity index (χ0v) is 14.1. The number of rotatable bonds is 5. The number of fused-ring (bicyclic) bond motifs is 1. The minimum Gasteiger partial charge on any atom is -0.387 e. The Kier molecular flexibility index (Phi) is 4.88. The summed E-state index contributed by atoms with van der Waals surface area (Å²) in [6, 6.07) is 14.8. The van der Waals surface area contributed by atoms with Gasteiger partial charge in [0.05, 0.1) is 11.7 Å². The first kappa shape index (κ1) is 16.6. The van der Waals surface area contributed by atoms with Crippen LogP contribution in [0.3, 0.4) is 0 Å². The highest BCUT2D eigenvalue weighted by Crippen LogP contribution is 2.22. The van der Waals surface area contributed by atoms with Crippen molar-refractivity contribution in [1.29, 1.82) is 0 Å². The van der Waals surface area contributed by atoms with E-state index in [9.17, 15) is 9.90 Å². The smallest absolute Gasteiger partial charge is 0.253 e. The zero-order chi connectivity index (χ0) is 17.1. The van der Waals surface area contributed by atoms with Crippen LogP contribution < -0.4 is 5.32 Å². The number of aliphatic hydroxyl groups excluding tert-OH is 1. The van der Waals surface area contributed by atoms with Crippen LogP contribution in [0.25, 0.3) is 10.9 Å². The minimum atomic E-state index is -0.799. The van der Waals surface area contributed by atoms with Crippen LogP contribution in [-0.4, -0.2) is 22.1 Å². The molecule has 2 N–H and O–H groups in total. The number of hydrogen-bond acceptors (Lipinski definition) is 2. The van der Waals surface area contributed by atoms with Crippen LogP contribution in [-0.2, 0) is 6.54 Å². The minimum absolute atomic E-state index is 0.130. The molecule has 3 rings (SSSR count). The highest BCUT2D eigenvalue weighted by atomic mass is 35.5. The van der Waals surface area contributed by atoms with Crippen LogP contribution in [0.4, 0.5) is 0 Å². The number of amides is 1. The number of halogens is 1. The molecule has 1 atom stereocenters. The Morgan fingerprint density at radius 1 is 1.25 bits per heavy atom. The normalized spacial score (nSPS) is 12.3. The lowest BCUT2D eigenvalue weighted by Gasteiger charge is -2.12. The molecular formula is C19H19ClN2O2. The van der Waals surface area contributed by atoms with E-state index in [-0.39, 0.29) is 12.5 Å². The molecule has 0 saturated carbocycles. The highest BCUT2D eigenvalue weighted by Gasteiger charge is 2.16. The average molecular weight is 343 g/mol. The van der Waals surface area contributed by atoms with Crippen molar-refractivity contribution in [2.45, 2.75) is 19.6 Å². The summed E-state index contributed by atoms with van der Waals surface area (Å²) in [6.07, 6.45) is 1.05. The second-order valence-electron chi connectivity index (χ2n) is 5.63. The molecule has 0 spiro atoms. The van der Waals surface area contributed by atoms with Gasteiger partial charge in [-0.2, -0.15) is 0 Å². The first-order valence-corrected chi connectivity index (χ1v) is 8.27. The lowest BCUT2D eigenvalue weighted by molar-refractivity contribution is 0.0918. The van der Waals surface area contributed by atoms with Crippen molar-refractivity contribution in [1.82, 2.24) is 9.88 Å². The molecular weight excluding hydrogens is 324 g/mol. The SMILES string of the molecule is CCn1cc(C(=O)NC[C@@H](O)c2cccc(Cl)c2)c2ccccc21. The van der Waals surface area contributed by atoms with Crippen molar-refractivity contribution in [3.63, 3.8) is 0 Å². The van der Waals surface area contributed by atoms with Crippen molar-refractivity contribution < 1.29 is 9.90 Å². The third kappa shape index (κ3) is 3.30. The maximum absolute atomic E-state index is 12.5. The fraction of sp³-hybridized carbons (Fsp3) is 0.211. The van der Waals surface area contributed by atoms with Crippen molar-refractivity contribution in [2.24, 2.45) is 0 Å². The summed E-state index contributed by atoms with van der Waals surface area (Å²) in [4.78, 5) is 12.5. The van der Waals surface area contributed by atoms with Crippen molar-refractivity contribution in [3.8, 4) is 0 Å². The van der Waals surface area contributed by atoms with E-state index in [2.05, 4.69) is 5.32 Å². The van der Waals surface area contributed by atoms with E-state index in [0.717, 1.165) is 17.4 Å². The molecule has 124 valence electrons. The summed E-state index contributed by atoms with van der Waals surface area (Å²) in [5, 5.41) is 14.5. The molecule has 2 aromatic carbocycles. The Morgan fingerprint density at radius 3 is 2.79 bits per heavy atom. The van der Waals surface area contributed by atoms with Gasteiger partial charge in [0.2, 0.25) is 0 Å². The van der Waals surface area contributed by atoms with Gasteiger partial charge >= 0.3 is 0 Å². The lowest BCUT2D eigenvalue weighted by atomic mass is 10.1. The van der Waals surface area contributed by atoms with Crippen molar-refractivity contribution in [3.05, 3.63) is 70.9 Å². The topological polar surface area (TPSA) is 54.3 Å². The maximum Gasteiger partial charge on any atom is 0.253 e. The number of benzene rings is 2. The maximum atomic E-state index is 12.5. The van der Waals surface area contributed by atoms with Crippen LogP contribution in [0, 0.1) is 0 Å². The second-order valence-corrected chi connectivity index (χ2v) is 6.06. The van der Waals surface area contributed by atoms with Gasteiger partial charge in [0.1, 0.15) is 0 Å². The number of nitrogens with one attached hydrogen (secondary N) is 1. The number of aromatic nitrogens is 1. The molecule has 0 aliphatic carbocycles. The number of hydrogen-bond donors (Lipinski definition) is 2. The summed E-state index contributed by atoms with van der Waals surface area (Å²) in [6.45, 7) is 2.96. The molecule has 0 bridgehead atoms. The fourth-order valence-electron chi connectivity index (χ4n) is 2.81. The van der Waals surface area contributed by atoms with Crippen LogP contribution >= 0.6 is 11.6 Å². The van der Waals surface area contributed by atoms with Gasteiger partial charge < -0.3 is 15.0 Å². The zero-order valence-electron chi connectivity index (χ0n) is 13.4. The quantitative estimate of drug-likeness (QED) is 0.741. The first-order valence-electron chi connectivity index (χ1n) is 7.89. The Hall–Kier alpha value is -2.30. The molecule has 5 heteroatoms. The second kappa shape index (κ2) is 7.07. The van der Waals surface area contributed by atoms with Gasteiger partial charge in [-0.1, -0.05) is 41.9 Å². The van der Waals surface area contributed by atoms with E-state index >= 15 is 0 Å². The van der Waals surface area contributed by atoms with Gasteiger partial charge in [0.25, 0.3) is 5.91 Å². The van der Waals surface area contributed by atoms with Gasteiger partial charge in [-0.3, -0.25) is 4.79 Å². The van der Waals surface area contributed by atoms with Gasteiger partial charge in [0.15, 0.2) is 0 Å². The van der Waals surface area contributed by atoms with Crippen molar-refractivity contribution in [2.75, 3.05) is 6.54 Å². The largest absolute Gasteiger partial charge is 0.387 e. The molecule has 0 saturated heterocycles. The fourth-order valence-corrected chi connectivity index (χ4v) is 3.00. The molecule has 1 amide bonds. The Morgan fingerprint density at radius 2 is 2.04 bits per heavy atom. The third-order valence-electron chi connectivity index (χ3n) is 4.06. The molecule has 3 aromatic rings. The Bertz CT molecular complexity index is 873. The van der Waals surface area contributed by atoms with E-state index in [1.54, 1.807) is 24.3 Å². The number of carbonyl (C=O) groups excluding carboxylic acids is 1. The third-order valence-corrected chi connectivity index (χ3v) is 4.30. The standard InChI is InChI=1S/C19H19ClN2O2/c1-2-22-12-16(15-8-3-4-9-17(15)22)19(24)21-11-18(23)13-6-5-7-14(20)10-13/h3-10,12,18,23H,2,11H2,1H3,(H,21,24)/t18-/m1/s1. The first-order chi connectivity index (χ1) is 11.6. The van der Waals surface area contributed by atoms with Gasteiger partial charge in [-0.15, -0.1) is 0 Å². The highest BCUT2D eigenvalue weighted by molar-refractivity contribution is 6.30. The number of aliphatic hydroxyl groups is 1. The van der Waals surface area contributed by atoms with Crippen LogP contribution in [0.2, 0.25) is 5.02 Å². The number of carbonyl (C=O) groups is 1. The number of para-hydroxylation sites is 1. The van der Waals surface area contributed by atoms with E-state index in [4.69, 9.17) is 11.6 Å². The summed E-state index contributed by atoms with van der Waals surface area (Å²) < 4.78 is 2.04. The van der Waals surface area contributed by atoms with E-state index in [1.807, 2.05) is 42.0 Å². The monoisotopic (exact) mass is 342 g/mol. The molecule has 1 heterocycles. The van der Waals surface area contributed by atoms with Crippen LogP contribution in [0.15, 0.2) is 54.7 Å². The van der Waals surface area contributed by atoms with Gasteiger partial charge in [-0.05, 0) is 30.7 Å². The molecule has 4 nitrogen and oxygen atoms in total. The molecule has 1 aromatic heterocycles. The number of aryl methyl sites for hydroxylation is 1. The predicted octanol–water partition coefficient (Wildman–Crippen LogP) is 3.78. The Labute approximate surface area is 145 Å². The van der Waals surface area contributed by atoms with Gasteiger partial charge in [0, 0.05) is 35.2 Å². The molecule has 24 heavy (non-hydrogen) atoms. The predicted molar refractivity (Wildman–Crippen MR) is 96.4 cm³/mol. The van der Waals surface area contributed by atoms with E-state index in [0.29, 0.717) is 16.1 Å². The number of nitrogens with zero attached hydrogens (tertiary/aromatic N) is 1. The summed E-state index contributed by atoms with van der Waals surface area (Å²) in [5.41, 5.74) is 2.32. The summed E-state index contributed by atoms with van der Waals surface area (Å²) >= 11 is 5.93. The van der Waals surface area contributed by atoms with Crippen molar-refractivity contribution >= 4 is 28.4 Å². The van der Waals surface area contributed by atoms with Crippen LogP contribution in [0.1, 0.15) is 28.9 Å². The van der Waals surface area contributed by atoms with Gasteiger partial charge in [-0.25, -0.2) is 0 Å². The molecule has 0 aliphatic rings. The van der Waals surface area contributed by atoms with E-state index < -0.39 is 6.10 Å². The summed E-state index contributed by atoms with van der Waals surface area (Å²) in [5.74, 6) is -0.195. The average Bonchev–Trinajstić information content (AvgIpc) is 2.98. The van der Waals surface area contributed by atoms with E-state index in [1.165, 1.54) is 0 Å². The molecule has 0 fully saturated rings. The van der Waals surface area contributed by atoms with Crippen LogP contribution in [0.5, 0.6) is 0 Å². The molecule has 0 radical (unpaired) electrons. The Balaban J connectivity index is 1.76. The molecule has 0 unspecified atom stereocenters. The molecule has 0 aliphatic heterocycles.